The molecule has 18 heavy (non-hydrogen) atoms. The third-order valence-corrected chi connectivity index (χ3v) is 2.69. The Morgan fingerprint density at radius 1 is 1.44 bits per heavy atom. The molecule has 1 aromatic carbocycles. The molecule has 1 N–H and O–H groups in total. The number of nitrogens with one attached hydrogen (secondary N) is 1. The van der Waals surface area contributed by atoms with Gasteiger partial charge in [-0.25, -0.2) is 9.37 Å². The van der Waals surface area contributed by atoms with E-state index < -0.39 is 5.82 Å². The van der Waals surface area contributed by atoms with Crippen LogP contribution in [0, 0.1) is 12.7 Å². The number of carbonyl (C=O) groups is 1. The predicted octanol–water partition coefficient (Wildman–Crippen LogP) is 2.33. The van der Waals surface area contributed by atoms with E-state index in [-0.39, 0.29) is 11.6 Å². The summed E-state index contributed by atoms with van der Waals surface area (Å²) in [6.45, 7) is 1.73. The second-order valence-electron chi connectivity index (χ2n) is 3.75. The van der Waals surface area contributed by atoms with Crippen LogP contribution in [0.2, 0.25) is 5.02 Å². The third-order valence-electron chi connectivity index (χ3n) is 2.47. The number of rotatable bonds is 2. The van der Waals surface area contributed by atoms with E-state index in [1.165, 1.54) is 19.2 Å². The van der Waals surface area contributed by atoms with E-state index in [2.05, 4.69) is 10.3 Å². The van der Waals surface area contributed by atoms with Crippen molar-refractivity contribution in [2.75, 3.05) is 7.05 Å². The van der Waals surface area contributed by atoms with Crippen molar-refractivity contribution >= 4 is 17.5 Å². The number of imidazole rings is 1. The van der Waals surface area contributed by atoms with E-state index in [0.29, 0.717) is 16.5 Å². The average molecular weight is 268 g/mol. The van der Waals surface area contributed by atoms with Gasteiger partial charge in [-0.2, -0.15) is 0 Å². The molecule has 0 aliphatic heterocycles. The number of aryl methyl sites for hydroxylation is 1. The number of hydrogen-bond acceptors (Lipinski definition) is 2. The summed E-state index contributed by atoms with van der Waals surface area (Å²) in [5.41, 5.74) is 0.801. The van der Waals surface area contributed by atoms with Gasteiger partial charge in [-0.05, 0) is 25.1 Å². The smallest absolute Gasteiger partial charge is 0.271 e. The summed E-state index contributed by atoms with van der Waals surface area (Å²) in [6, 6.07) is 4.15. The second kappa shape index (κ2) is 4.78. The molecule has 0 fully saturated rings. The van der Waals surface area contributed by atoms with E-state index in [0.717, 1.165) is 0 Å². The third kappa shape index (κ3) is 2.36. The Morgan fingerprint density at radius 2 is 2.17 bits per heavy atom. The normalized spacial score (nSPS) is 10.4. The van der Waals surface area contributed by atoms with Crippen LogP contribution in [-0.2, 0) is 0 Å². The maximum atomic E-state index is 13.3. The first-order valence-corrected chi connectivity index (χ1v) is 5.63. The summed E-state index contributed by atoms with van der Waals surface area (Å²) in [4.78, 5) is 15.6. The number of halogens is 2. The summed E-state index contributed by atoms with van der Waals surface area (Å²) >= 11 is 5.80. The SMILES string of the molecule is CNC(=O)c1cn(-c2cc(F)cc(Cl)c2)c(C)n1. The van der Waals surface area contributed by atoms with Crippen LogP contribution in [0.5, 0.6) is 0 Å². The molecule has 4 nitrogen and oxygen atoms in total. The van der Waals surface area contributed by atoms with Gasteiger partial charge in [0.05, 0.1) is 5.69 Å². The first-order chi connectivity index (χ1) is 8.51. The molecule has 1 amide bonds. The highest BCUT2D eigenvalue weighted by atomic mass is 35.5. The van der Waals surface area contributed by atoms with Gasteiger partial charge in [-0.1, -0.05) is 11.6 Å². The first-order valence-electron chi connectivity index (χ1n) is 5.26. The molecule has 0 aliphatic rings. The summed E-state index contributed by atoms with van der Waals surface area (Å²) in [5, 5.41) is 2.77. The highest BCUT2D eigenvalue weighted by Crippen LogP contribution is 2.19. The van der Waals surface area contributed by atoms with Crippen LogP contribution in [0.1, 0.15) is 16.3 Å². The molecule has 0 bridgehead atoms. The molecule has 0 unspecified atom stereocenters. The van der Waals surface area contributed by atoms with Crippen LogP contribution >= 0.6 is 11.6 Å². The lowest BCUT2D eigenvalue weighted by atomic mass is 10.3. The largest absolute Gasteiger partial charge is 0.354 e. The van der Waals surface area contributed by atoms with Gasteiger partial charge in [0.25, 0.3) is 5.91 Å². The minimum Gasteiger partial charge on any atom is -0.354 e. The summed E-state index contributed by atoms with van der Waals surface area (Å²) in [7, 11) is 1.52. The summed E-state index contributed by atoms with van der Waals surface area (Å²) in [6.07, 6.45) is 1.54. The highest BCUT2D eigenvalue weighted by molar-refractivity contribution is 6.30. The van der Waals surface area contributed by atoms with Gasteiger partial charge in [0.15, 0.2) is 0 Å². The Hall–Kier alpha value is -1.88. The van der Waals surface area contributed by atoms with Crippen LogP contribution in [0.25, 0.3) is 5.69 Å². The fourth-order valence-electron chi connectivity index (χ4n) is 1.65. The van der Waals surface area contributed by atoms with Crippen molar-refractivity contribution < 1.29 is 9.18 Å². The zero-order valence-electron chi connectivity index (χ0n) is 9.87. The predicted molar refractivity (Wildman–Crippen MR) is 66.7 cm³/mol. The number of amides is 1. The molecule has 0 radical (unpaired) electrons. The van der Waals surface area contributed by atoms with Crippen molar-refractivity contribution in [2.45, 2.75) is 6.92 Å². The lowest BCUT2D eigenvalue weighted by Gasteiger charge is -2.05. The Balaban J connectivity index is 2.50. The van der Waals surface area contributed by atoms with Crippen molar-refractivity contribution in [3.63, 3.8) is 0 Å². The number of aromatic nitrogens is 2. The quantitative estimate of drug-likeness (QED) is 0.908. The van der Waals surface area contributed by atoms with E-state index in [9.17, 15) is 9.18 Å². The molecule has 0 saturated heterocycles. The molecule has 2 rings (SSSR count). The molecule has 94 valence electrons. The van der Waals surface area contributed by atoms with Crippen molar-refractivity contribution in [1.29, 1.82) is 0 Å². The molecule has 6 heteroatoms. The molecular weight excluding hydrogens is 257 g/mol. The van der Waals surface area contributed by atoms with Crippen molar-refractivity contribution in [2.24, 2.45) is 0 Å². The summed E-state index contributed by atoms with van der Waals surface area (Å²) < 4.78 is 14.9. The molecule has 1 heterocycles. The van der Waals surface area contributed by atoms with Crippen LogP contribution in [0.15, 0.2) is 24.4 Å². The van der Waals surface area contributed by atoms with E-state index in [1.54, 1.807) is 23.8 Å². The van der Waals surface area contributed by atoms with Crippen molar-refractivity contribution in [3.05, 3.63) is 46.8 Å². The standard InChI is InChI=1S/C12H11ClFN3O/c1-7-16-11(12(18)15-2)6-17(7)10-4-8(13)3-9(14)5-10/h3-6H,1-2H3,(H,15,18). The second-order valence-corrected chi connectivity index (χ2v) is 4.19. The molecular formula is C12H11ClFN3O. The molecule has 0 atom stereocenters. The maximum Gasteiger partial charge on any atom is 0.271 e. The Bertz CT molecular complexity index is 589. The zero-order chi connectivity index (χ0) is 13.3. The van der Waals surface area contributed by atoms with Crippen LogP contribution in [0.3, 0.4) is 0 Å². The van der Waals surface area contributed by atoms with Gasteiger partial charge in [0.1, 0.15) is 17.3 Å². The van der Waals surface area contributed by atoms with Gasteiger partial charge in [0, 0.05) is 18.3 Å². The van der Waals surface area contributed by atoms with Gasteiger partial charge in [-0.3, -0.25) is 4.79 Å². The van der Waals surface area contributed by atoms with Gasteiger partial charge >= 0.3 is 0 Å². The Morgan fingerprint density at radius 3 is 2.78 bits per heavy atom. The monoisotopic (exact) mass is 267 g/mol. The van der Waals surface area contributed by atoms with Gasteiger partial charge in [-0.15, -0.1) is 0 Å². The van der Waals surface area contributed by atoms with E-state index in [1.807, 2.05) is 0 Å². The minimum atomic E-state index is -0.438. The Labute approximate surface area is 108 Å². The highest BCUT2D eigenvalue weighted by Gasteiger charge is 2.12. The molecule has 0 aliphatic carbocycles. The Kier molecular flexibility index (Phi) is 3.34. The summed E-state index contributed by atoms with van der Waals surface area (Å²) in [5.74, 6) is -0.151. The fraction of sp³-hybridized carbons (Fsp3) is 0.167. The number of benzene rings is 1. The minimum absolute atomic E-state index is 0.274. The molecule has 2 aromatic rings. The van der Waals surface area contributed by atoms with Crippen LogP contribution in [0.4, 0.5) is 4.39 Å². The molecule has 0 saturated carbocycles. The van der Waals surface area contributed by atoms with Gasteiger partial charge < -0.3 is 9.88 Å². The van der Waals surface area contributed by atoms with E-state index >= 15 is 0 Å². The zero-order valence-corrected chi connectivity index (χ0v) is 10.6. The van der Waals surface area contributed by atoms with Crippen molar-refractivity contribution in [3.8, 4) is 5.69 Å². The lowest BCUT2D eigenvalue weighted by molar-refractivity contribution is 0.0958. The number of carbonyl (C=O) groups excluding carboxylic acids is 1. The molecule has 0 spiro atoms. The van der Waals surface area contributed by atoms with Crippen LogP contribution in [-0.4, -0.2) is 22.5 Å². The number of nitrogens with zero attached hydrogens (tertiary/aromatic N) is 2. The lowest BCUT2D eigenvalue weighted by Crippen LogP contribution is -2.18. The van der Waals surface area contributed by atoms with Gasteiger partial charge in [0.2, 0.25) is 0 Å². The first kappa shape index (κ1) is 12.6. The average Bonchev–Trinajstić information content (AvgIpc) is 2.69. The topological polar surface area (TPSA) is 46.9 Å². The fourth-order valence-corrected chi connectivity index (χ4v) is 1.87. The molecule has 1 aromatic heterocycles. The van der Waals surface area contributed by atoms with E-state index in [4.69, 9.17) is 11.6 Å². The maximum absolute atomic E-state index is 13.3. The van der Waals surface area contributed by atoms with Crippen molar-refractivity contribution in [1.82, 2.24) is 14.9 Å². The number of hydrogen-bond donors (Lipinski definition) is 1. The van der Waals surface area contributed by atoms with Crippen LogP contribution < -0.4 is 5.32 Å².